The van der Waals surface area contributed by atoms with Crippen molar-refractivity contribution >= 4 is 27.4 Å². The van der Waals surface area contributed by atoms with Gasteiger partial charge in [0.2, 0.25) is 0 Å². The molecule has 0 amide bonds. The number of rotatable bonds is 5. The number of halogens is 1. The molecule has 0 radical (unpaired) electrons. The maximum atomic E-state index is 12.2. The molecular formula is C14H12ClNO5S. The molecule has 0 aliphatic heterocycles. The molecule has 0 saturated heterocycles. The average molecular weight is 342 g/mol. The number of hydrogen-bond donors (Lipinski definition) is 0. The summed E-state index contributed by atoms with van der Waals surface area (Å²) in [5.74, 6) is 0. The predicted molar refractivity (Wildman–Crippen MR) is 81.2 cm³/mol. The molecule has 0 bridgehead atoms. The van der Waals surface area contributed by atoms with Crippen molar-refractivity contribution in [2.45, 2.75) is 17.9 Å². The Balaban J connectivity index is 2.30. The smallest absolute Gasteiger partial charge is 0.258 e. The van der Waals surface area contributed by atoms with Crippen molar-refractivity contribution in [2.75, 3.05) is 0 Å². The van der Waals surface area contributed by atoms with Crippen LogP contribution in [0.15, 0.2) is 53.4 Å². The van der Waals surface area contributed by atoms with Gasteiger partial charge in [0.15, 0.2) is 0 Å². The van der Waals surface area contributed by atoms with E-state index in [0.717, 1.165) is 0 Å². The zero-order chi connectivity index (χ0) is 16.3. The highest BCUT2D eigenvalue weighted by Crippen LogP contribution is 2.30. The summed E-state index contributed by atoms with van der Waals surface area (Å²) in [5, 5.41) is 11.4. The van der Waals surface area contributed by atoms with Crippen LogP contribution in [0.1, 0.15) is 18.6 Å². The highest BCUT2D eigenvalue weighted by atomic mass is 35.5. The summed E-state index contributed by atoms with van der Waals surface area (Å²) in [6, 6.07) is 11.3. The Kier molecular flexibility index (Phi) is 4.80. The van der Waals surface area contributed by atoms with Gasteiger partial charge in [0.05, 0.1) is 15.4 Å². The summed E-state index contributed by atoms with van der Waals surface area (Å²) in [6.07, 6.45) is -0.998. The van der Waals surface area contributed by atoms with E-state index in [9.17, 15) is 18.5 Å². The number of nitro groups is 1. The number of benzene rings is 2. The highest BCUT2D eigenvalue weighted by Gasteiger charge is 2.25. The molecule has 0 saturated carbocycles. The fraction of sp³-hybridized carbons (Fsp3) is 0.143. The van der Waals surface area contributed by atoms with E-state index in [2.05, 4.69) is 0 Å². The Hall–Kier alpha value is -1.96. The molecule has 0 aromatic heterocycles. The van der Waals surface area contributed by atoms with Crippen LogP contribution >= 0.6 is 11.6 Å². The molecule has 1 unspecified atom stereocenters. The van der Waals surface area contributed by atoms with E-state index in [1.807, 2.05) is 0 Å². The van der Waals surface area contributed by atoms with E-state index in [1.54, 1.807) is 6.07 Å². The highest BCUT2D eigenvalue weighted by molar-refractivity contribution is 7.86. The molecule has 0 heterocycles. The fourth-order valence-electron chi connectivity index (χ4n) is 1.90. The van der Waals surface area contributed by atoms with Crippen molar-refractivity contribution in [3.8, 4) is 0 Å². The Bertz CT molecular complexity index is 789. The SMILES string of the molecule is CC(OS(=O)(=O)c1ccc(Cl)cc1)c1ccccc1[N+](=O)[O-]. The van der Waals surface area contributed by atoms with E-state index in [4.69, 9.17) is 15.8 Å². The van der Waals surface area contributed by atoms with E-state index in [-0.39, 0.29) is 16.1 Å². The lowest BCUT2D eigenvalue weighted by molar-refractivity contribution is -0.386. The molecule has 6 nitrogen and oxygen atoms in total. The summed E-state index contributed by atoms with van der Waals surface area (Å²) < 4.78 is 29.4. The van der Waals surface area contributed by atoms with Crippen molar-refractivity contribution in [1.29, 1.82) is 0 Å². The molecule has 22 heavy (non-hydrogen) atoms. The molecule has 8 heteroatoms. The minimum absolute atomic E-state index is 0.0673. The van der Waals surface area contributed by atoms with Crippen LogP contribution in [-0.2, 0) is 14.3 Å². The van der Waals surface area contributed by atoms with E-state index in [0.29, 0.717) is 5.02 Å². The zero-order valence-corrected chi connectivity index (χ0v) is 13.0. The molecule has 2 aromatic carbocycles. The molecule has 0 spiro atoms. The van der Waals surface area contributed by atoms with Crippen molar-refractivity contribution in [2.24, 2.45) is 0 Å². The average Bonchev–Trinajstić information content (AvgIpc) is 2.47. The van der Waals surface area contributed by atoms with Gasteiger partial charge in [-0.2, -0.15) is 8.42 Å². The number of nitrogens with zero attached hydrogens (tertiary/aromatic N) is 1. The van der Waals surface area contributed by atoms with Gasteiger partial charge < -0.3 is 0 Å². The summed E-state index contributed by atoms with van der Waals surface area (Å²) in [5.41, 5.74) is -0.00801. The van der Waals surface area contributed by atoms with Gasteiger partial charge in [-0.1, -0.05) is 23.7 Å². The largest absolute Gasteiger partial charge is 0.297 e. The van der Waals surface area contributed by atoms with Gasteiger partial charge >= 0.3 is 0 Å². The zero-order valence-electron chi connectivity index (χ0n) is 11.5. The van der Waals surface area contributed by atoms with Crippen LogP contribution in [0.4, 0.5) is 5.69 Å². The van der Waals surface area contributed by atoms with Gasteiger partial charge in [0, 0.05) is 11.1 Å². The Morgan fingerprint density at radius 1 is 1.14 bits per heavy atom. The first-order chi connectivity index (χ1) is 10.3. The van der Waals surface area contributed by atoms with Gasteiger partial charge in [-0.05, 0) is 37.3 Å². The van der Waals surface area contributed by atoms with Gasteiger partial charge in [-0.3, -0.25) is 14.3 Å². The van der Waals surface area contributed by atoms with Gasteiger partial charge in [-0.15, -0.1) is 0 Å². The molecule has 2 aromatic rings. The maximum absolute atomic E-state index is 12.2. The summed E-state index contributed by atoms with van der Waals surface area (Å²) in [6.45, 7) is 1.44. The third-order valence-corrected chi connectivity index (χ3v) is 4.59. The molecule has 1 atom stereocenters. The summed E-state index contributed by atoms with van der Waals surface area (Å²) in [7, 11) is -4.05. The molecule has 116 valence electrons. The Morgan fingerprint density at radius 2 is 1.73 bits per heavy atom. The van der Waals surface area contributed by atoms with Crippen molar-refractivity contribution in [3.05, 3.63) is 69.2 Å². The molecule has 2 rings (SSSR count). The van der Waals surface area contributed by atoms with Crippen molar-refractivity contribution in [1.82, 2.24) is 0 Å². The second-order valence-electron chi connectivity index (χ2n) is 4.46. The van der Waals surface area contributed by atoms with Gasteiger partial charge in [0.1, 0.15) is 6.10 Å². The van der Waals surface area contributed by atoms with Crippen LogP contribution in [0.5, 0.6) is 0 Å². The molecule has 0 aliphatic carbocycles. The number of hydrogen-bond acceptors (Lipinski definition) is 5. The molecule has 0 fully saturated rings. The quantitative estimate of drug-likeness (QED) is 0.470. The Morgan fingerprint density at radius 3 is 2.32 bits per heavy atom. The minimum atomic E-state index is -4.05. The lowest BCUT2D eigenvalue weighted by Crippen LogP contribution is -2.11. The van der Waals surface area contributed by atoms with Crippen LogP contribution in [0.3, 0.4) is 0 Å². The third kappa shape index (κ3) is 3.62. The van der Waals surface area contributed by atoms with Crippen molar-refractivity contribution in [3.63, 3.8) is 0 Å². The number of para-hydroxylation sites is 1. The van der Waals surface area contributed by atoms with Crippen LogP contribution < -0.4 is 0 Å². The minimum Gasteiger partial charge on any atom is -0.258 e. The summed E-state index contributed by atoms with van der Waals surface area (Å²) >= 11 is 5.71. The van der Waals surface area contributed by atoms with Gasteiger partial charge in [-0.25, -0.2) is 0 Å². The van der Waals surface area contributed by atoms with E-state index in [1.165, 1.54) is 49.4 Å². The maximum Gasteiger partial charge on any atom is 0.297 e. The number of nitro benzene ring substituents is 1. The van der Waals surface area contributed by atoms with Crippen LogP contribution in [0.2, 0.25) is 5.02 Å². The van der Waals surface area contributed by atoms with Gasteiger partial charge in [0.25, 0.3) is 15.8 Å². The normalized spacial score (nSPS) is 12.8. The molecular weight excluding hydrogens is 330 g/mol. The Labute approximate surface area is 132 Å². The monoisotopic (exact) mass is 341 g/mol. The third-order valence-electron chi connectivity index (χ3n) is 2.94. The second kappa shape index (κ2) is 6.43. The standard InChI is InChI=1S/C14H12ClNO5S/c1-10(13-4-2-3-5-14(13)16(17)18)21-22(19,20)12-8-6-11(15)7-9-12/h2-10H,1H3. The first-order valence-electron chi connectivity index (χ1n) is 6.23. The lowest BCUT2D eigenvalue weighted by atomic mass is 10.1. The van der Waals surface area contributed by atoms with Crippen molar-refractivity contribution < 1.29 is 17.5 Å². The van der Waals surface area contributed by atoms with Crippen LogP contribution in [0, 0.1) is 10.1 Å². The molecule has 0 aliphatic rings. The van der Waals surface area contributed by atoms with E-state index < -0.39 is 21.1 Å². The van der Waals surface area contributed by atoms with Crippen LogP contribution in [0.25, 0.3) is 0 Å². The first kappa shape index (κ1) is 16.4. The predicted octanol–water partition coefficient (Wildman–Crippen LogP) is 3.71. The molecule has 0 N–H and O–H groups in total. The van der Waals surface area contributed by atoms with Crippen LogP contribution in [-0.4, -0.2) is 13.3 Å². The fourth-order valence-corrected chi connectivity index (χ4v) is 3.09. The lowest BCUT2D eigenvalue weighted by Gasteiger charge is -2.13. The summed E-state index contributed by atoms with van der Waals surface area (Å²) in [4.78, 5) is 10.3. The first-order valence-corrected chi connectivity index (χ1v) is 8.02. The van der Waals surface area contributed by atoms with E-state index >= 15 is 0 Å². The topological polar surface area (TPSA) is 86.5 Å². The second-order valence-corrected chi connectivity index (χ2v) is 6.47.